The molecule has 0 amide bonds. The molecule has 2 nitrogen and oxygen atoms in total. The Kier molecular flexibility index (Phi) is 4.17. The third-order valence-electron chi connectivity index (χ3n) is 2.90. The van der Waals surface area contributed by atoms with Crippen molar-refractivity contribution in [2.45, 2.75) is 12.6 Å². The zero-order chi connectivity index (χ0) is 14.6. The van der Waals surface area contributed by atoms with E-state index in [9.17, 15) is 13.2 Å². The van der Waals surface area contributed by atoms with Crippen LogP contribution in [0.4, 0.5) is 18.9 Å². The van der Waals surface area contributed by atoms with Gasteiger partial charge in [0.05, 0.1) is 5.56 Å². The topological polar surface area (TPSA) is 32.3 Å². The second kappa shape index (κ2) is 5.86. The van der Waals surface area contributed by atoms with Gasteiger partial charge in [-0.15, -0.1) is 0 Å². The lowest BCUT2D eigenvalue weighted by molar-refractivity contribution is -0.136. The molecule has 0 heterocycles. The molecule has 0 saturated heterocycles. The summed E-state index contributed by atoms with van der Waals surface area (Å²) < 4.78 is 38.3. The number of anilines is 1. The van der Waals surface area contributed by atoms with E-state index in [1.54, 1.807) is 30.3 Å². The predicted octanol–water partition coefficient (Wildman–Crippen LogP) is 4.07. The smallest absolute Gasteiger partial charge is 0.418 e. The van der Waals surface area contributed by atoms with Gasteiger partial charge in [-0.1, -0.05) is 24.3 Å². The molecule has 0 spiro atoms. The molecule has 2 N–H and O–H groups in total. The number of benzene rings is 2. The number of phenols is 1. The summed E-state index contributed by atoms with van der Waals surface area (Å²) in [5, 5.41) is 11.9. The molecule has 0 aliphatic rings. The van der Waals surface area contributed by atoms with Gasteiger partial charge in [-0.25, -0.2) is 0 Å². The van der Waals surface area contributed by atoms with Crippen LogP contribution in [0.2, 0.25) is 0 Å². The maximum absolute atomic E-state index is 12.8. The number of hydrogen-bond acceptors (Lipinski definition) is 2. The number of rotatable bonds is 4. The van der Waals surface area contributed by atoms with Crippen LogP contribution in [0.3, 0.4) is 0 Å². The quantitative estimate of drug-likeness (QED) is 0.885. The number of para-hydroxylation sites is 1. The van der Waals surface area contributed by atoms with Gasteiger partial charge in [0.1, 0.15) is 5.75 Å². The largest absolute Gasteiger partial charge is 0.508 e. The fraction of sp³-hybridized carbons (Fsp3) is 0.200. The van der Waals surface area contributed by atoms with Gasteiger partial charge in [-0.2, -0.15) is 13.2 Å². The minimum Gasteiger partial charge on any atom is -0.508 e. The molecule has 2 aromatic carbocycles. The molecular weight excluding hydrogens is 267 g/mol. The van der Waals surface area contributed by atoms with Crippen molar-refractivity contribution in [2.75, 3.05) is 11.9 Å². The van der Waals surface area contributed by atoms with E-state index in [0.717, 1.165) is 11.6 Å². The summed E-state index contributed by atoms with van der Waals surface area (Å²) in [6.07, 6.45) is -3.78. The summed E-state index contributed by atoms with van der Waals surface area (Å²) in [6.45, 7) is 0.387. The normalized spacial score (nSPS) is 11.3. The minimum atomic E-state index is -4.36. The maximum Gasteiger partial charge on any atom is 0.418 e. The van der Waals surface area contributed by atoms with Gasteiger partial charge in [0.2, 0.25) is 0 Å². The Morgan fingerprint density at radius 2 is 1.60 bits per heavy atom. The number of alkyl halides is 3. The van der Waals surface area contributed by atoms with Gasteiger partial charge in [-0.05, 0) is 36.2 Å². The van der Waals surface area contributed by atoms with E-state index in [2.05, 4.69) is 5.32 Å². The average molecular weight is 281 g/mol. The van der Waals surface area contributed by atoms with Crippen LogP contribution in [0.15, 0.2) is 48.5 Å². The molecule has 0 bridgehead atoms. The summed E-state index contributed by atoms with van der Waals surface area (Å²) in [4.78, 5) is 0. The van der Waals surface area contributed by atoms with Crippen LogP contribution in [0.5, 0.6) is 5.75 Å². The molecule has 0 atom stereocenters. The summed E-state index contributed by atoms with van der Waals surface area (Å²) in [7, 11) is 0. The van der Waals surface area contributed by atoms with E-state index < -0.39 is 11.7 Å². The Morgan fingerprint density at radius 3 is 2.25 bits per heavy atom. The van der Waals surface area contributed by atoms with Crippen LogP contribution in [0, 0.1) is 0 Å². The SMILES string of the molecule is Oc1ccc(CCNc2ccccc2C(F)(F)F)cc1. The van der Waals surface area contributed by atoms with Crippen molar-refractivity contribution in [1.29, 1.82) is 0 Å². The highest BCUT2D eigenvalue weighted by atomic mass is 19.4. The zero-order valence-electron chi connectivity index (χ0n) is 10.6. The second-order valence-corrected chi connectivity index (χ2v) is 4.39. The van der Waals surface area contributed by atoms with Crippen molar-refractivity contribution in [1.82, 2.24) is 0 Å². The maximum atomic E-state index is 12.8. The highest BCUT2D eigenvalue weighted by Gasteiger charge is 2.32. The first-order valence-electron chi connectivity index (χ1n) is 6.15. The second-order valence-electron chi connectivity index (χ2n) is 4.39. The van der Waals surface area contributed by atoms with E-state index >= 15 is 0 Å². The van der Waals surface area contributed by atoms with Crippen molar-refractivity contribution < 1.29 is 18.3 Å². The van der Waals surface area contributed by atoms with Gasteiger partial charge < -0.3 is 10.4 Å². The standard InChI is InChI=1S/C15H14F3NO/c16-15(17,18)13-3-1-2-4-14(13)19-10-9-11-5-7-12(20)8-6-11/h1-8,19-20H,9-10H2. The minimum absolute atomic E-state index is 0.0822. The average Bonchev–Trinajstić information content (AvgIpc) is 2.40. The molecule has 106 valence electrons. The molecule has 0 aliphatic heterocycles. The number of aromatic hydroxyl groups is 1. The molecule has 0 saturated carbocycles. The lowest BCUT2D eigenvalue weighted by atomic mass is 10.1. The first-order chi connectivity index (χ1) is 9.47. The monoisotopic (exact) mass is 281 g/mol. The van der Waals surface area contributed by atoms with Gasteiger partial charge >= 0.3 is 6.18 Å². The Labute approximate surface area is 114 Å². The van der Waals surface area contributed by atoms with E-state index in [4.69, 9.17) is 5.11 Å². The summed E-state index contributed by atoms with van der Waals surface area (Å²) >= 11 is 0. The van der Waals surface area contributed by atoms with E-state index in [1.165, 1.54) is 12.1 Å². The molecule has 0 radical (unpaired) electrons. The fourth-order valence-corrected chi connectivity index (χ4v) is 1.89. The van der Waals surface area contributed by atoms with Crippen molar-refractivity contribution in [3.05, 3.63) is 59.7 Å². The molecular formula is C15H14F3NO. The molecule has 0 aliphatic carbocycles. The van der Waals surface area contributed by atoms with Gasteiger partial charge in [0.25, 0.3) is 0 Å². The Morgan fingerprint density at radius 1 is 0.950 bits per heavy atom. The van der Waals surface area contributed by atoms with Crippen LogP contribution in [-0.4, -0.2) is 11.7 Å². The van der Waals surface area contributed by atoms with Gasteiger partial charge in [0, 0.05) is 12.2 Å². The van der Waals surface area contributed by atoms with Gasteiger partial charge in [-0.3, -0.25) is 0 Å². The molecule has 20 heavy (non-hydrogen) atoms. The van der Waals surface area contributed by atoms with E-state index in [1.807, 2.05) is 0 Å². The Hall–Kier alpha value is -2.17. The van der Waals surface area contributed by atoms with Crippen molar-refractivity contribution >= 4 is 5.69 Å². The van der Waals surface area contributed by atoms with Crippen LogP contribution in [0.25, 0.3) is 0 Å². The number of hydrogen-bond donors (Lipinski definition) is 2. The van der Waals surface area contributed by atoms with E-state index in [0.29, 0.717) is 13.0 Å². The third-order valence-corrected chi connectivity index (χ3v) is 2.90. The van der Waals surface area contributed by atoms with Crippen LogP contribution < -0.4 is 5.32 Å². The lowest BCUT2D eigenvalue weighted by Crippen LogP contribution is -2.12. The summed E-state index contributed by atoms with van der Waals surface area (Å²) in [6, 6.07) is 12.0. The fourth-order valence-electron chi connectivity index (χ4n) is 1.89. The highest BCUT2D eigenvalue weighted by Crippen LogP contribution is 2.34. The van der Waals surface area contributed by atoms with Crippen LogP contribution >= 0.6 is 0 Å². The molecule has 0 aromatic heterocycles. The third kappa shape index (κ3) is 3.66. The molecule has 2 rings (SSSR count). The van der Waals surface area contributed by atoms with Crippen molar-refractivity contribution in [3.8, 4) is 5.75 Å². The first kappa shape index (κ1) is 14.2. The number of nitrogens with one attached hydrogen (secondary N) is 1. The van der Waals surface area contributed by atoms with Crippen molar-refractivity contribution in [3.63, 3.8) is 0 Å². The number of phenolic OH excluding ortho intramolecular Hbond substituents is 1. The van der Waals surface area contributed by atoms with Gasteiger partial charge in [0.15, 0.2) is 0 Å². The zero-order valence-corrected chi connectivity index (χ0v) is 10.6. The van der Waals surface area contributed by atoms with Crippen molar-refractivity contribution in [2.24, 2.45) is 0 Å². The highest BCUT2D eigenvalue weighted by molar-refractivity contribution is 5.52. The van der Waals surface area contributed by atoms with E-state index in [-0.39, 0.29) is 11.4 Å². The summed E-state index contributed by atoms with van der Waals surface area (Å²) in [5.41, 5.74) is 0.365. The number of halogens is 3. The Balaban J connectivity index is 1.99. The molecule has 0 unspecified atom stereocenters. The predicted molar refractivity (Wildman–Crippen MR) is 71.7 cm³/mol. The first-order valence-corrected chi connectivity index (χ1v) is 6.15. The van der Waals surface area contributed by atoms with Crippen LogP contribution in [0.1, 0.15) is 11.1 Å². The van der Waals surface area contributed by atoms with Crippen LogP contribution in [-0.2, 0) is 12.6 Å². The molecule has 0 fully saturated rings. The molecule has 2 aromatic rings. The lowest BCUT2D eigenvalue weighted by Gasteiger charge is -2.14. The molecule has 5 heteroatoms. The Bertz CT molecular complexity index is 564. The summed E-state index contributed by atoms with van der Waals surface area (Å²) in [5.74, 6) is 0.170.